The lowest BCUT2D eigenvalue weighted by molar-refractivity contribution is -0.118. The molecule has 1 rings (SSSR count). The number of amides is 1. The van der Waals surface area contributed by atoms with Crippen molar-refractivity contribution < 1.29 is 14.7 Å². The molecule has 0 bridgehead atoms. The van der Waals surface area contributed by atoms with Crippen molar-refractivity contribution >= 4 is 17.6 Å². The highest BCUT2D eigenvalue weighted by molar-refractivity contribution is 5.96. The quantitative estimate of drug-likeness (QED) is 0.726. The highest BCUT2D eigenvalue weighted by Crippen LogP contribution is 2.11. The molecule has 1 amide bonds. The average molecular weight is 251 g/mol. The lowest BCUT2D eigenvalue weighted by atomic mass is 9.99. The summed E-state index contributed by atoms with van der Waals surface area (Å²) in [5, 5.41) is 11.4. The van der Waals surface area contributed by atoms with Crippen LogP contribution in [0.5, 0.6) is 0 Å². The number of pyridine rings is 1. The van der Waals surface area contributed by atoms with E-state index >= 15 is 0 Å². The van der Waals surface area contributed by atoms with E-state index in [0.717, 1.165) is 6.42 Å². The summed E-state index contributed by atoms with van der Waals surface area (Å²) in [6.07, 6.45) is 3.39. The van der Waals surface area contributed by atoms with E-state index < -0.39 is 12.0 Å². The zero-order chi connectivity index (χ0) is 13.7. The average Bonchev–Trinajstić information content (AvgIpc) is 2.37. The first-order chi connectivity index (χ1) is 8.45. The van der Waals surface area contributed by atoms with Crippen LogP contribution in [0.3, 0.4) is 0 Å². The number of nitrogens with zero attached hydrogens (tertiary/aromatic N) is 1. The van der Waals surface area contributed by atoms with E-state index in [-0.39, 0.29) is 17.4 Å². The molecule has 1 aromatic heterocycles. The Hall–Kier alpha value is -1.95. The number of carboxylic acids is 1. The molecule has 0 radical (unpaired) electrons. The Kier molecular flexibility index (Phi) is 4.79. The van der Waals surface area contributed by atoms with E-state index in [0.29, 0.717) is 5.69 Å². The number of hydrogen-bond acceptors (Lipinski definition) is 4. The predicted molar refractivity (Wildman–Crippen MR) is 67.3 cm³/mol. The minimum Gasteiger partial charge on any atom is -0.478 e. The number of carbonyl (C=O) groups is 2. The van der Waals surface area contributed by atoms with Crippen LogP contribution in [-0.4, -0.2) is 28.0 Å². The van der Waals surface area contributed by atoms with Crippen LogP contribution in [0.2, 0.25) is 0 Å². The topological polar surface area (TPSA) is 105 Å². The Morgan fingerprint density at radius 1 is 1.50 bits per heavy atom. The van der Waals surface area contributed by atoms with Gasteiger partial charge < -0.3 is 16.2 Å². The summed E-state index contributed by atoms with van der Waals surface area (Å²) in [5.74, 6) is -1.38. The zero-order valence-electron chi connectivity index (χ0n) is 10.4. The van der Waals surface area contributed by atoms with Crippen molar-refractivity contribution in [3.8, 4) is 0 Å². The summed E-state index contributed by atoms with van der Waals surface area (Å²) in [6.45, 7) is 3.83. The predicted octanol–water partition coefficient (Wildman–Crippen LogP) is 1.09. The molecule has 0 aliphatic heterocycles. The maximum atomic E-state index is 11.8. The molecule has 0 saturated heterocycles. The van der Waals surface area contributed by atoms with Gasteiger partial charge in [0, 0.05) is 6.20 Å². The van der Waals surface area contributed by atoms with Gasteiger partial charge in [-0.3, -0.25) is 9.78 Å². The third-order valence-electron chi connectivity index (χ3n) is 2.81. The largest absolute Gasteiger partial charge is 0.478 e. The molecular weight excluding hydrogens is 234 g/mol. The van der Waals surface area contributed by atoms with Crippen molar-refractivity contribution in [2.45, 2.75) is 26.3 Å². The van der Waals surface area contributed by atoms with Crippen molar-refractivity contribution in [1.82, 2.24) is 4.98 Å². The molecular formula is C12H17N3O3. The Morgan fingerprint density at radius 3 is 2.72 bits per heavy atom. The second-order valence-electron chi connectivity index (χ2n) is 4.17. The summed E-state index contributed by atoms with van der Waals surface area (Å²) < 4.78 is 0. The normalized spacial score (nSPS) is 13.7. The summed E-state index contributed by atoms with van der Waals surface area (Å²) in [4.78, 5) is 26.3. The van der Waals surface area contributed by atoms with Crippen LogP contribution in [0, 0.1) is 5.92 Å². The van der Waals surface area contributed by atoms with E-state index in [4.69, 9.17) is 10.8 Å². The molecule has 18 heavy (non-hydrogen) atoms. The Labute approximate surface area is 105 Å². The number of anilines is 1. The molecule has 2 unspecified atom stereocenters. The number of nitrogens with one attached hydrogen (secondary N) is 1. The molecule has 0 spiro atoms. The molecule has 1 heterocycles. The molecule has 0 fully saturated rings. The minimum absolute atomic E-state index is 0.0184. The van der Waals surface area contributed by atoms with Crippen molar-refractivity contribution in [3.63, 3.8) is 0 Å². The molecule has 98 valence electrons. The fourth-order valence-corrected chi connectivity index (χ4v) is 1.36. The van der Waals surface area contributed by atoms with Gasteiger partial charge in [0.25, 0.3) is 0 Å². The first kappa shape index (κ1) is 14.1. The smallest absolute Gasteiger partial charge is 0.337 e. The summed E-state index contributed by atoms with van der Waals surface area (Å²) in [6, 6.07) is 0.722. The van der Waals surface area contributed by atoms with Gasteiger partial charge in [-0.05, 0) is 12.0 Å². The fraction of sp³-hybridized carbons (Fsp3) is 0.417. The number of rotatable bonds is 5. The third-order valence-corrected chi connectivity index (χ3v) is 2.81. The van der Waals surface area contributed by atoms with Gasteiger partial charge in [-0.15, -0.1) is 0 Å². The van der Waals surface area contributed by atoms with Crippen molar-refractivity contribution in [2.75, 3.05) is 5.32 Å². The Balaban J connectivity index is 2.76. The zero-order valence-corrected chi connectivity index (χ0v) is 10.4. The lowest BCUT2D eigenvalue weighted by Gasteiger charge is -2.17. The number of hydrogen-bond donors (Lipinski definition) is 3. The standard InChI is InChI=1S/C12H17N3O3/c1-3-7(2)10(13)11(16)15-9-4-8(12(17)18)5-14-6-9/h4-7,10H,3,13H2,1-2H3,(H,15,16)(H,17,18). The van der Waals surface area contributed by atoms with Gasteiger partial charge >= 0.3 is 5.97 Å². The van der Waals surface area contributed by atoms with Gasteiger partial charge in [-0.2, -0.15) is 0 Å². The maximum absolute atomic E-state index is 11.8. The monoisotopic (exact) mass is 251 g/mol. The molecule has 0 aliphatic carbocycles. The van der Waals surface area contributed by atoms with E-state index in [1.54, 1.807) is 0 Å². The molecule has 4 N–H and O–H groups in total. The van der Waals surface area contributed by atoms with Gasteiger partial charge in [-0.1, -0.05) is 20.3 Å². The van der Waals surface area contributed by atoms with Gasteiger partial charge in [0.15, 0.2) is 0 Å². The van der Waals surface area contributed by atoms with Crippen LogP contribution in [0.25, 0.3) is 0 Å². The van der Waals surface area contributed by atoms with E-state index in [9.17, 15) is 9.59 Å². The summed E-state index contributed by atoms with van der Waals surface area (Å²) >= 11 is 0. The fourth-order valence-electron chi connectivity index (χ4n) is 1.36. The van der Waals surface area contributed by atoms with E-state index in [1.807, 2.05) is 13.8 Å². The highest BCUT2D eigenvalue weighted by atomic mass is 16.4. The molecule has 6 nitrogen and oxygen atoms in total. The minimum atomic E-state index is -1.09. The van der Waals surface area contributed by atoms with Gasteiger partial charge in [0.2, 0.25) is 5.91 Å². The second-order valence-corrected chi connectivity index (χ2v) is 4.17. The first-order valence-electron chi connectivity index (χ1n) is 5.70. The number of aromatic nitrogens is 1. The van der Waals surface area contributed by atoms with Crippen LogP contribution < -0.4 is 11.1 Å². The number of aromatic carboxylic acids is 1. The Bertz CT molecular complexity index is 448. The van der Waals surface area contributed by atoms with Crippen LogP contribution in [0.1, 0.15) is 30.6 Å². The van der Waals surface area contributed by atoms with Crippen LogP contribution in [0.4, 0.5) is 5.69 Å². The molecule has 2 atom stereocenters. The summed E-state index contributed by atoms with van der Waals surface area (Å²) in [5.41, 5.74) is 6.12. The molecule has 1 aromatic rings. The number of nitrogens with two attached hydrogens (primary N) is 1. The van der Waals surface area contributed by atoms with E-state index in [2.05, 4.69) is 10.3 Å². The van der Waals surface area contributed by atoms with Crippen LogP contribution >= 0.6 is 0 Å². The van der Waals surface area contributed by atoms with Crippen molar-refractivity contribution in [3.05, 3.63) is 24.0 Å². The van der Waals surface area contributed by atoms with Gasteiger partial charge in [-0.25, -0.2) is 4.79 Å². The van der Waals surface area contributed by atoms with Crippen LogP contribution in [0.15, 0.2) is 18.5 Å². The molecule has 0 saturated carbocycles. The first-order valence-corrected chi connectivity index (χ1v) is 5.70. The van der Waals surface area contributed by atoms with Crippen molar-refractivity contribution in [2.24, 2.45) is 11.7 Å². The SMILES string of the molecule is CCC(C)C(N)C(=O)Nc1cncc(C(=O)O)c1. The van der Waals surface area contributed by atoms with Crippen LogP contribution in [-0.2, 0) is 4.79 Å². The number of carboxylic acid groups (broad SMARTS) is 1. The van der Waals surface area contributed by atoms with Gasteiger partial charge in [0.1, 0.15) is 0 Å². The third kappa shape index (κ3) is 3.53. The van der Waals surface area contributed by atoms with Gasteiger partial charge in [0.05, 0.1) is 23.5 Å². The molecule has 0 aromatic carbocycles. The van der Waals surface area contributed by atoms with E-state index in [1.165, 1.54) is 18.5 Å². The molecule has 6 heteroatoms. The van der Waals surface area contributed by atoms with Crippen molar-refractivity contribution in [1.29, 1.82) is 0 Å². The molecule has 0 aliphatic rings. The number of carbonyl (C=O) groups excluding carboxylic acids is 1. The Morgan fingerprint density at radius 2 is 2.17 bits per heavy atom. The highest BCUT2D eigenvalue weighted by Gasteiger charge is 2.19. The second kappa shape index (κ2) is 6.11. The lowest BCUT2D eigenvalue weighted by Crippen LogP contribution is -2.40. The summed E-state index contributed by atoms with van der Waals surface area (Å²) in [7, 11) is 0. The maximum Gasteiger partial charge on any atom is 0.337 e.